The fraction of sp³-hybridized carbons (Fsp3) is 0.595. The summed E-state index contributed by atoms with van der Waals surface area (Å²) >= 11 is 6.36. The summed E-state index contributed by atoms with van der Waals surface area (Å²) < 4.78 is 41.4. The van der Waals surface area contributed by atoms with Gasteiger partial charge in [-0.2, -0.15) is 8.42 Å². The molecule has 1 aliphatic heterocycles. The van der Waals surface area contributed by atoms with Crippen molar-refractivity contribution in [2.75, 3.05) is 25.0 Å². The van der Waals surface area contributed by atoms with Crippen LogP contribution in [0.4, 0.5) is 10.6 Å². The Kier molecular flexibility index (Phi) is 9.24. The van der Waals surface area contributed by atoms with Crippen LogP contribution >= 0.6 is 11.6 Å². The summed E-state index contributed by atoms with van der Waals surface area (Å²) in [7, 11) is -4.33. The molecule has 3 aliphatic carbocycles. The number of anilines is 1. The predicted octanol–water partition coefficient (Wildman–Crippen LogP) is 6.62. The maximum atomic E-state index is 13.2. The summed E-state index contributed by atoms with van der Waals surface area (Å²) in [5.74, 6) is 1.37. The smallest absolute Gasteiger partial charge is 0.410 e. The number of nitrogens with zero attached hydrogens (tertiary/aromatic N) is 5. The van der Waals surface area contributed by atoms with Crippen LogP contribution in [0.5, 0.6) is 5.88 Å². The molecule has 15 heteroatoms. The van der Waals surface area contributed by atoms with Crippen molar-refractivity contribution in [3.63, 3.8) is 0 Å². The molecule has 2 amide bonds. The molecule has 280 valence electrons. The Hall–Kier alpha value is -3.91. The van der Waals surface area contributed by atoms with Gasteiger partial charge < -0.3 is 19.7 Å². The Bertz CT molecular complexity index is 1950. The third-order valence-electron chi connectivity index (χ3n) is 11.2. The quantitative estimate of drug-likeness (QED) is 0.144. The number of halogens is 1. The number of likely N-dealkylation sites (tertiary alicyclic amines) is 1. The molecule has 1 saturated heterocycles. The van der Waals surface area contributed by atoms with Crippen LogP contribution in [-0.2, 0) is 14.8 Å². The molecule has 3 aromatic rings. The number of rotatable bonds is 13. The standard InChI is InChI=1S/C37H48ClN7O6S/c1-34(2,3)51-33(47)44-23-24(22-35(44,4)5)8-7-19-39-27-9-6-10-30(40-27)52(48,49)43-32(46)25-11-12-28(41-31(25)38)45-20-13-29(42-45)50-21-14-26-36(15-16-36)37(26)17-18-37/h6,9-13,20,24,26H,7-8,14-19,21-23H2,1-5H3,(H,39,40)(H,43,46)/t24-/m0/s1. The van der Waals surface area contributed by atoms with E-state index < -0.39 is 21.5 Å². The molecule has 0 unspecified atom stereocenters. The summed E-state index contributed by atoms with van der Waals surface area (Å²) in [6, 6.07) is 9.21. The molecule has 3 saturated carbocycles. The topological polar surface area (TPSA) is 158 Å². The number of hydrogen-bond donors (Lipinski definition) is 2. The van der Waals surface area contributed by atoms with Gasteiger partial charge in [-0.05, 0) is 133 Å². The minimum Gasteiger partial charge on any atom is -0.477 e. The first-order chi connectivity index (χ1) is 24.5. The molecule has 4 aliphatic rings. The minimum atomic E-state index is -4.33. The van der Waals surface area contributed by atoms with Crippen molar-refractivity contribution in [2.45, 2.75) is 102 Å². The first-order valence-corrected chi connectivity index (χ1v) is 20.0. The average molecular weight is 754 g/mol. The van der Waals surface area contributed by atoms with Gasteiger partial charge in [0.1, 0.15) is 16.6 Å². The first kappa shape index (κ1) is 36.4. The van der Waals surface area contributed by atoms with Crippen molar-refractivity contribution in [1.29, 1.82) is 0 Å². The monoisotopic (exact) mass is 753 g/mol. The molecule has 0 bridgehead atoms. The van der Waals surface area contributed by atoms with Crippen LogP contribution in [0.3, 0.4) is 0 Å². The van der Waals surface area contributed by atoms with Gasteiger partial charge in [0.25, 0.3) is 15.9 Å². The van der Waals surface area contributed by atoms with Gasteiger partial charge in [-0.25, -0.2) is 24.2 Å². The summed E-state index contributed by atoms with van der Waals surface area (Å²) in [5, 5.41) is 7.12. The highest BCUT2D eigenvalue weighted by molar-refractivity contribution is 7.90. The van der Waals surface area contributed by atoms with Gasteiger partial charge in [0.15, 0.2) is 10.8 Å². The molecule has 3 aromatic heterocycles. The first-order valence-electron chi connectivity index (χ1n) is 18.2. The second kappa shape index (κ2) is 13.2. The van der Waals surface area contributed by atoms with E-state index in [2.05, 4.69) is 39.0 Å². The van der Waals surface area contributed by atoms with Gasteiger partial charge in [0.05, 0.1) is 12.2 Å². The summed E-state index contributed by atoms with van der Waals surface area (Å²) in [5.41, 5.74) is 0.321. The molecule has 1 atom stereocenters. The number of sulfonamides is 1. The van der Waals surface area contributed by atoms with E-state index in [0.717, 1.165) is 31.6 Å². The van der Waals surface area contributed by atoms with E-state index in [1.165, 1.54) is 48.6 Å². The highest BCUT2D eigenvalue weighted by Gasteiger charge is 2.85. The average Bonchev–Trinajstić information content (AvgIpc) is 4.01. The number of pyridine rings is 2. The summed E-state index contributed by atoms with van der Waals surface area (Å²) in [6.45, 7) is 11.5. The molecule has 4 fully saturated rings. The number of carbonyl (C=O) groups excluding carboxylic acids is 2. The second-order valence-corrected chi connectivity index (χ2v) is 18.4. The van der Waals surface area contributed by atoms with Crippen molar-refractivity contribution in [3.8, 4) is 11.7 Å². The lowest BCUT2D eigenvalue weighted by Crippen LogP contribution is -2.45. The van der Waals surface area contributed by atoms with Crippen molar-refractivity contribution < 1.29 is 27.5 Å². The van der Waals surface area contributed by atoms with E-state index in [0.29, 0.717) is 54.0 Å². The fourth-order valence-corrected chi connectivity index (χ4v) is 9.76. The van der Waals surface area contributed by atoms with Crippen molar-refractivity contribution >= 4 is 39.4 Å². The van der Waals surface area contributed by atoms with Gasteiger partial charge >= 0.3 is 6.09 Å². The Labute approximate surface area is 310 Å². The molecule has 7 rings (SSSR count). The third-order valence-corrected chi connectivity index (χ3v) is 12.8. The zero-order valence-electron chi connectivity index (χ0n) is 30.4. The number of nitrogens with one attached hydrogen (secondary N) is 2. The summed E-state index contributed by atoms with van der Waals surface area (Å²) in [6.07, 6.45) is 10.5. The van der Waals surface area contributed by atoms with E-state index in [4.69, 9.17) is 21.1 Å². The zero-order chi connectivity index (χ0) is 37.1. The Morgan fingerprint density at radius 2 is 1.75 bits per heavy atom. The number of hydrogen-bond acceptors (Lipinski definition) is 10. The minimum absolute atomic E-state index is 0.111. The molecule has 52 heavy (non-hydrogen) atoms. The van der Waals surface area contributed by atoms with Gasteiger partial charge in [0, 0.05) is 30.9 Å². The third kappa shape index (κ3) is 7.33. The van der Waals surface area contributed by atoms with Crippen molar-refractivity contribution in [2.24, 2.45) is 22.7 Å². The van der Waals surface area contributed by atoms with Gasteiger partial charge in [-0.15, -0.1) is 5.10 Å². The number of aromatic nitrogens is 4. The predicted molar refractivity (Wildman–Crippen MR) is 195 cm³/mol. The van der Waals surface area contributed by atoms with Crippen LogP contribution in [0.2, 0.25) is 5.15 Å². The Balaban J connectivity index is 0.883. The lowest BCUT2D eigenvalue weighted by Gasteiger charge is -2.33. The van der Waals surface area contributed by atoms with E-state index >= 15 is 0 Å². The van der Waals surface area contributed by atoms with Gasteiger partial charge in [-0.3, -0.25) is 4.79 Å². The zero-order valence-corrected chi connectivity index (χ0v) is 32.0. The fourth-order valence-electron chi connectivity index (χ4n) is 8.59. The molecule has 2 spiro atoms. The highest BCUT2D eigenvalue weighted by Crippen LogP contribution is 2.93. The van der Waals surface area contributed by atoms with Crippen molar-refractivity contribution in [1.82, 2.24) is 29.4 Å². The second-order valence-electron chi connectivity index (χ2n) is 16.4. The molecule has 2 N–H and O–H groups in total. The highest BCUT2D eigenvalue weighted by atomic mass is 35.5. The molecule has 0 radical (unpaired) electrons. The van der Waals surface area contributed by atoms with Crippen LogP contribution in [0, 0.1) is 22.7 Å². The molecular weight excluding hydrogens is 706 g/mol. The molecule has 4 heterocycles. The largest absolute Gasteiger partial charge is 0.477 e. The lowest BCUT2D eigenvalue weighted by atomic mass is 9.93. The van der Waals surface area contributed by atoms with Crippen LogP contribution in [-0.4, -0.2) is 75.9 Å². The normalized spacial score (nSPS) is 20.9. The SMILES string of the molecule is CC(C)(C)OC(=O)N1C[C@@H](CCCNc2cccc(S(=O)(=O)NC(=O)c3ccc(-n4ccc(OCCC5C6(CC6)C56CC6)n4)nc3Cl)n2)CC1(C)C. The van der Waals surface area contributed by atoms with E-state index in [1.54, 1.807) is 24.4 Å². The van der Waals surface area contributed by atoms with E-state index in [-0.39, 0.29) is 27.4 Å². The van der Waals surface area contributed by atoms with Crippen LogP contribution in [0.15, 0.2) is 47.6 Å². The number of fused-ring (bicyclic) bond motifs is 1. The van der Waals surface area contributed by atoms with Gasteiger partial charge in [-0.1, -0.05) is 17.7 Å². The van der Waals surface area contributed by atoms with E-state index in [1.807, 2.05) is 25.7 Å². The van der Waals surface area contributed by atoms with Crippen LogP contribution in [0.1, 0.15) is 96.3 Å². The molecular formula is C37H48ClN7O6S. The maximum absolute atomic E-state index is 13.2. The van der Waals surface area contributed by atoms with Crippen LogP contribution in [0.25, 0.3) is 5.82 Å². The molecule has 13 nitrogen and oxygen atoms in total. The van der Waals surface area contributed by atoms with E-state index in [9.17, 15) is 18.0 Å². The Morgan fingerprint density at radius 3 is 2.42 bits per heavy atom. The number of amides is 2. The summed E-state index contributed by atoms with van der Waals surface area (Å²) in [4.78, 5) is 36.1. The maximum Gasteiger partial charge on any atom is 0.410 e. The molecule has 0 aromatic carbocycles. The van der Waals surface area contributed by atoms with Gasteiger partial charge in [0.2, 0.25) is 5.88 Å². The van der Waals surface area contributed by atoms with Crippen LogP contribution < -0.4 is 14.8 Å². The number of carbonyl (C=O) groups is 2. The lowest BCUT2D eigenvalue weighted by molar-refractivity contribution is 0.0130. The Morgan fingerprint density at radius 1 is 1.02 bits per heavy atom. The number of ether oxygens (including phenoxy) is 2. The van der Waals surface area contributed by atoms with Crippen molar-refractivity contribution in [3.05, 3.63) is 53.3 Å².